The first-order chi connectivity index (χ1) is 11.1. The summed E-state index contributed by atoms with van der Waals surface area (Å²) in [7, 11) is 1.84. The molecule has 2 aliphatic heterocycles. The average Bonchev–Trinajstić information content (AvgIpc) is 3.11. The molecule has 2 aliphatic rings. The summed E-state index contributed by atoms with van der Waals surface area (Å²) < 4.78 is 12.3. The number of benzene rings is 2. The van der Waals surface area contributed by atoms with Crippen LogP contribution in [-0.2, 0) is 10.2 Å². The van der Waals surface area contributed by atoms with E-state index in [0.29, 0.717) is 0 Å². The Morgan fingerprint density at radius 3 is 2.61 bits per heavy atom. The van der Waals surface area contributed by atoms with E-state index in [1.165, 1.54) is 4.46 Å². The quantitative estimate of drug-likeness (QED) is 0.773. The number of carbonyl (C=O) groups is 1. The van der Waals surface area contributed by atoms with Crippen LogP contribution >= 0.6 is 0 Å². The molecule has 118 valence electrons. The Labute approximate surface area is 141 Å². The van der Waals surface area contributed by atoms with Crippen molar-refractivity contribution < 1.29 is 14.3 Å². The third-order valence-electron chi connectivity index (χ3n) is 4.49. The minimum atomic E-state index is -0.499. The van der Waals surface area contributed by atoms with Gasteiger partial charge in [-0.25, -0.2) is 0 Å². The van der Waals surface area contributed by atoms with Gasteiger partial charge in [0.05, 0.1) is 0 Å². The van der Waals surface area contributed by atoms with E-state index in [-0.39, 0.29) is 27.7 Å². The maximum absolute atomic E-state index is 12.9. The van der Waals surface area contributed by atoms with Crippen LogP contribution in [0.3, 0.4) is 0 Å². The van der Waals surface area contributed by atoms with Crippen LogP contribution in [0.25, 0.3) is 0 Å². The molecule has 0 bridgehead atoms. The van der Waals surface area contributed by atoms with Crippen LogP contribution in [0, 0.1) is 0 Å². The topological polar surface area (TPSA) is 38.8 Å². The maximum atomic E-state index is 12.9. The van der Waals surface area contributed by atoms with Crippen molar-refractivity contribution in [3.63, 3.8) is 0 Å². The van der Waals surface area contributed by atoms with Gasteiger partial charge in [0.15, 0.2) is 0 Å². The van der Waals surface area contributed by atoms with Crippen molar-refractivity contribution in [1.29, 1.82) is 0 Å². The number of nitrogens with zero attached hydrogens (tertiary/aromatic N) is 1. The number of fused-ring (bicyclic) bond motifs is 2. The Morgan fingerprint density at radius 1 is 1.17 bits per heavy atom. The Hall–Kier alpha value is -1.97. The van der Waals surface area contributed by atoms with Gasteiger partial charge in [-0.15, -0.1) is 0 Å². The van der Waals surface area contributed by atoms with Crippen molar-refractivity contribution in [3.05, 3.63) is 48.0 Å². The Bertz CT molecular complexity index is 777. The first-order valence-corrected chi connectivity index (χ1v) is 9.56. The molecule has 0 saturated heterocycles. The number of rotatable bonds is 3. The van der Waals surface area contributed by atoms with Gasteiger partial charge in [-0.3, -0.25) is 0 Å². The molecule has 0 saturated carbocycles. The molecule has 0 radical (unpaired) electrons. The van der Waals surface area contributed by atoms with Gasteiger partial charge < -0.3 is 0 Å². The van der Waals surface area contributed by atoms with Gasteiger partial charge in [-0.1, -0.05) is 0 Å². The normalized spacial score (nSPS) is 21.7. The standard InChI is InChI=1S/C18H17NO3Se/c1-18(10-23-12-6-4-3-5-7-12)13-8-15-16(22-11-21-15)9-14(13)19(2)17(18)20/h3-9H,10-11H2,1-2H3/t18-/m0/s1. The molecule has 0 unspecified atom stereocenters. The van der Waals surface area contributed by atoms with Crippen LogP contribution in [0.1, 0.15) is 12.5 Å². The van der Waals surface area contributed by atoms with E-state index >= 15 is 0 Å². The van der Waals surface area contributed by atoms with Crippen LogP contribution in [0.5, 0.6) is 11.5 Å². The molecule has 4 nitrogen and oxygen atoms in total. The average molecular weight is 374 g/mol. The number of ether oxygens (including phenoxy) is 2. The SMILES string of the molecule is CN1C(=O)[C@@](C)(C[Se]c2ccccc2)c2cc3c(cc21)OCO3. The molecule has 2 aromatic rings. The van der Waals surface area contributed by atoms with Crippen molar-refractivity contribution in [2.45, 2.75) is 17.7 Å². The van der Waals surface area contributed by atoms with Gasteiger partial charge in [0.2, 0.25) is 0 Å². The van der Waals surface area contributed by atoms with Gasteiger partial charge in [0.25, 0.3) is 0 Å². The van der Waals surface area contributed by atoms with Crippen LogP contribution in [0.15, 0.2) is 42.5 Å². The van der Waals surface area contributed by atoms with Gasteiger partial charge in [-0.2, -0.15) is 0 Å². The summed E-state index contributed by atoms with van der Waals surface area (Å²) in [6.07, 6.45) is 0. The second-order valence-corrected chi connectivity index (χ2v) is 8.22. The number of hydrogen-bond donors (Lipinski definition) is 0. The molecule has 1 amide bonds. The molecule has 0 aromatic heterocycles. The summed E-state index contributed by atoms with van der Waals surface area (Å²) in [5.74, 6) is 1.61. The molecule has 0 spiro atoms. The van der Waals surface area contributed by atoms with E-state index in [4.69, 9.17) is 9.47 Å². The van der Waals surface area contributed by atoms with Crippen LogP contribution < -0.4 is 18.8 Å². The predicted molar refractivity (Wildman–Crippen MR) is 90.0 cm³/mol. The molecular formula is C18H17NO3Se. The first-order valence-electron chi connectivity index (χ1n) is 7.50. The zero-order valence-corrected chi connectivity index (χ0v) is 14.7. The molecule has 0 N–H and O–H groups in total. The van der Waals surface area contributed by atoms with E-state index in [9.17, 15) is 4.79 Å². The predicted octanol–water partition coefficient (Wildman–Crippen LogP) is 2.10. The second kappa shape index (κ2) is 5.29. The number of anilines is 1. The second-order valence-electron chi connectivity index (χ2n) is 6.02. The summed E-state index contributed by atoms with van der Waals surface area (Å²) in [6, 6.07) is 14.3. The summed E-state index contributed by atoms with van der Waals surface area (Å²) in [5.41, 5.74) is 1.48. The molecule has 0 fully saturated rings. The summed E-state index contributed by atoms with van der Waals surface area (Å²) in [6.45, 7) is 2.30. The van der Waals surface area contributed by atoms with E-state index < -0.39 is 5.41 Å². The molecule has 4 rings (SSSR count). The molecule has 23 heavy (non-hydrogen) atoms. The molecule has 0 aliphatic carbocycles. The third kappa shape index (κ3) is 2.23. The summed E-state index contributed by atoms with van der Waals surface area (Å²) in [4.78, 5) is 14.6. The zero-order chi connectivity index (χ0) is 16.0. The molecule has 2 heterocycles. The monoisotopic (exact) mass is 375 g/mol. The molecule has 2 aromatic carbocycles. The van der Waals surface area contributed by atoms with Gasteiger partial charge >= 0.3 is 141 Å². The van der Waals surface area contributed by atoms with Crippen LogP contribution in [0.4, 0.5) is 5.69 Å². The molecule has 1 atom stereocenters. The minimum absolute atomic E-state index is 0.147. The number of hydrogen-bond acceptors (Lipinski definition) is 3. The fourth-order valence-electron chi connectivity index (χ4n) is 3.13. The van der Waals surface area contributed by atoms with E-state index in [1.54, 1.807) is 4.90 Å². The van der Waals surface area contributed by atoms with Gasteiger partial charge in [0, 0.05) is 0 Å². The summed E-state index contributed by atoms with van der Waals surface area (Å²) >= 11 is 0.241. The van der Waals surface area contributed by atoms with E-state index in [1.807, 2.05) is 44.3 Å². The van der Waals surface area contributed by atoms with Crippen molar-refractivity contribution in [1.82, 2.24) is 0 Å². The number of likely N-dealkylation sites (N-methyl/N-ethyl adjacent to an activating group) is 1. The van der Waals surface area contributed by atoms with Gasteiger partial charge in [-0.05, 0) is 0 Å². The van der Waals surface area contributed by atoms with Crippen molar-refractivity contribution in [2.75, 3.05) is 18.7 Å². The van der Waals surface area contributed by atoms with Crippen molar-refractivity contribution in [2.24, 2.45) is 0 Å². The summed E-state index contributed by atoms with van der Waals surface area (Å²) in [5, 5.41) is 0.833. The first kappa shape index (κ1) is 14.6. The zero-order valence-electron chi connectivity index (χ0n) is 13.0. The Balaban J connectivity index is 1.70. The van der Waals surface area contributed by atoms with E-state index in [0.717, 1.165) is 28.1 Å². The third-order valence-corrected chi connectivity index (χ3v) is 7.28. The van der Waals surface area contributed by atoms with Crippen molar-refractivity contribution in [3.8, 4) is 11.5 Å². The number of amides is 1. The fraction of sp³-hybridized carbons (Fsp3) is 0.278. The van der Waals surface area contributed by atoms with Gasteiger partial charge in [0.1, 0.15) is 0 Å². The molecular weight excluding hydrogens is 357 g/mol. The van der Waals surface area contributed by atoms with Crippen molar-refractivity contribution >= 4 is 31.0 Å². The Kier molecular flexibility index (Phi) is 3.36. The fourth-order valence-corrected chi connectivity index (χ4v) is 5.40. The Morgan fingerprint density at radius 2 is 1.87 bits per heavy atom. The van der Waals surface area contributed by atoms with E-state index in [2.05, 4.69) is 12.1 Å². The number of carbonyl (C=O) groups excluding carboxylic acids is 1. The van der Waals surface area contributed by atoms with Crippen LogP contribution in [-0.4, -0.2) is 34.7 Å². The van der Waals surface area contributed by atoms with Crippen LogP contribution in [0.2, 0.25) is 5.32 Å². The molecule has 5 heteroatoms.